The maximum Gasteiger partial charge on any atom is 0.358 e. The van der Waals surface area contributed by atoms with Gasteiger partial charge in [-0.3, -0.25) is 4.28 Å². The van der Waals surface area contributed by atoms with Gasteiger partial charge in [-0.05, 0) is 58.0 Å². The maximum absolute atomic E-state index is 12.6. The van der Waals surface area contributed by atoms with Crippen LogP contribution in [0.1, 0.15) is 23.6 Å². The quantitative estimate of drug-likeness (QED) is 0.265. The molecular formula is C28H25NO5S. The van der Waals surface area contributed by atoms with Crippen LogP contribution in [0.2, 0.25) is 0 Å². The molecule has 0 aliphatic heterocycles. The van der Waals surface area contributed by atoms with Crippen molar-refractivity contribution in [2.45, 2.75) is 25.0 Å². The molecule has 4 aromatic carbocycles. The van der Waals surface area contributed by atoms with E-state index in [4.69, 9.17) is 9.39 Å². The molecule has 0 unspecified atom stereocenters. The fourth-order valence-electron chi connectivity index (χ4n) is 3.52. The van der Waals surface area contributed by atoms with Gasteiger partial charge in [-0.1, -0.05) is 90.1 Å². The molecule has 0 atom stereocenters. The average molecular weight is 488 g/mol. The summed E-state index contributed by atoms with van der Waals surface area (Å²) in [5.41, 5.74) is 6.57. The van der Waals surface area contributed by atoms with Crippen LogP contribution in [0, 0.1) is 0 Å². The Kier molecular flexibility index (Phi) is 7.41. The summed E-state index contributed by atoms with van der Waals surface area (Å²) in [6, 6.07) is 28.9. The predicted molar refractivity (Wildman–Crippen MR) is 136 cm³/mol. The van der Waals surface area contributed by atoms with Crippen LogP contribution in [0.4, 0.5) is 0 Å². The van der Waals surface area contributed by atoms with Crippen molar-refractivity contribution in [1.29, 1.82) is 0 Å². The molecule has 0 saturated carbocycles. The van der Waals surface area contributed by atoms with Crippen LogP contribution in [0.15, 0.2) is 107 Å². The molecule has 4 rings (SSSR count). The van der Waals surface area contributed by atoms with Crippen LogP contribution < -0.4 is 0 Å². The molecule has 0 radical (unpaired) electrons. The highest BCUT2D eigenvalue weighted by Gasteiger charge is 2.16. The summed E-state index contributed by atoms with van der Waals surface area (Å²) in [7, 11) is -4.07. The summed E-state index contributed by atoms with van der Waals surface area (Å²) >= 11 is 0. The van der Waals surface area contributed by atoms with Crippen molar-refractivity contribution < 1.29 is 22.9 Å². The fourth-order valence-corrected chi connectivity index (χ4v) is 4.29. The molecule has 2 N–H and O–H groups in total. The summed E-state index contributed by atoms with van der Waals surface area (Å²) in [5.74, 6) is 0. The largest absolute Gasteiger partial charge is 0.392 e. The zero-order valence-electron chi connectivity index (χ0n) is 19.1. The van der Waals surface area contributed by atoms with E-state index in [1.165, 1.54) is 12.1 Å². The smallest absolute Gasteiger partial charge is 0.358 e. The van der Waals surface area contributed by atoms with Crippen LogP contribution in [0.5, 0.6) is 0 Å². The first-order valence-electron chi connectivity index (χ1n) is 11.0. The van der Waals surface area contributed by atoms with E-state index < -0.39 is 10.1 Å². The predicted octanol–water partition coefficient (Wildman–Crippen LogP) is 5.13. The molecule has 0 aliphatic rings. The fraction of sp³-hybridized carbons (Fsp3) is 0.107. The van der Waals surface area contributed by atoms with Crippen LogP contribution in [0.3, 0.4) is 0 Å². The van der Waals surface area contributed by atoms with Gasteiger partial charge < -0.3 is 10.2 Å². The summed E-state index contributed by atoms with van der Waals surface area (Å²) in [6.07, 6.45) is 0. The Morgan fingerprint density at radius 3 is 1.43 bits per heavy atom. The number of hydrogen-bond acceptors (Lipinski definition) is 6. The van der Waals surface area contributed by atoms with E-state index in [0.29, 0.717) is 5.71 Å². The van der Waals surface area contributed by atoms with Gasteiger partial charge in [0.1, 0.15) is 4.90 Å². The van der Waals surface area contributed by atoms with Gasteiger partial charge in [-0.2, -0.15) is 8.42 Å². The van der Waals surface area contributed by atoms with E-state index in [1.807, 2.05) is 72.8 Å². The van der Waals surface area contributed by atoms with Gasteiger partial charge in [0, 0.05) is 0 Å². The van der Waals surface area contributed by atoms with Crippen molar-refractivity contribution in [3.05, 3.63) is 114 Å². The molecule has 0 bridgehead atoms. The number of nitrogens with zero attached hydrogens (tertiary/aromatic N) is 1. The van der Waals surface area contributed by atoms with Gasteiger partial charge in [-0.25, -0.2) is 0 Å². The number of rotatable bonds is 8. The van der Waals surface area contributed by atoms with Gasteiger partial charge in [0.2, 0.25) is 0 Å². The first-order chi connectivity index (χ1) is 16.9. The molecule has 0 amide bonds. The third-order valence-corrected chi connectivity index (χ3v) is 6.78. The molecule has 0 spiro atoms. The number of aliphatic hydroxyl groups excluding tert-OH is 2. The minimum Gasteiger partial charge on any atom is -0.392 e. The van der Waals surface area contributed by atoms with E-state index in [1.54, 1.807) is 19.1 Å². The second-order valence-corrected chi connectivity index (χ2v) is 9.55. The third kappa shape index (κ3) is 5.84. The Bertz CT molecular complexity index is 1410. The standard InChI is InChI=1S/C28H25NO5S/c1-20(23-10-12-26(13-11-23)24-6-2-21(18-30)3-7-24)29-34-35(32,33)28-16-14-27(15-17-28)25-8-4-22(19-31)5-9-25/h2-17,30-31H,18-19H2,1H3/b29-20+. The highest BCUT2D eigenvalue weighted by molar-refractivity contribution is 7.86. The zero-order valence-corrected chi connectivity index (χ0v) is 19.9. The summed E-state index contributed by atoms with van der Waals surface area (Å²) in [5, 5.41) is 22.2. The van der Waals surface area contributed by atoms with Gasteiger partial charge in [0.25, 0.3) is 0 Å². The van der Waals surface area contributed by atoms with Crippen LogP contribution in [-0.4, -0.2) is 24.3 Å². The Balaban J connectivity index is 1.45. The molecule has 178 valence electrons. The number of oxime groups is 1. The lowest BCUT2D eigenvalue weighted by molar-refractivity contribution is 0.281. The van der Waals surface area contributed by atoms with E-state index in [0.717, 1.165) is 38.9 Å². The molecule has 0 fully saturated rings. The summed E-state index contributed by atoms with van der Waals surface area (Å²) in [6.45, 7) is 1.65. The minimum absolute atomic E-state index is 0.00113. The van der Waals surface area contributed by atoms with Crippen molar-refractivity contribution >= 4 is 15.8 Å². The van der Waals surface area contributed by atoms with Crippen LogP contribution in [0.25, 0.3) is 22.3 Å². The molecular weight excluding hydrogens is 462 g/mol. The minimum atomic E-state index is -4.07. The highest BCUT2D eigenvalue weighted by atomic mass is 32.2. The van der Waals surface area contributed by atoms with E-state index in [2.05, 4.69) is 5.16 Å². The van der Waals surface area contributed by atoms with Crippen molar-refractivity contribution in [3.63, 3.8) is 0 Å². The van der Waals surface area contributed by atoms with Gasteiger partial charge in [0.05, 0.1) is 18.9 Å². The highest BCUT2D eigenvalue weighted by Crippen LogP contribution is 2.24. The SMILES string of the molecule is C/C(=N\OS(=O)(=O)c1ccc(-c2ccc(CO)cc2)cc1)c1ccc(-c2ccc(CO)cc2)cc1. The first kappa shape index (κ1) is 24.3. The van der Waals surface area contributed by atoms with E-state index >= 15 is 0 Å². The van der Waals surface area contributed by atoms with E-state index in [-0.39, 0.29) is 18.1 Å². The molecule has 0 heterocycles. The topological polar surface area (TPSA) is 96.2 Å². The zero-order chi connectivity index (χ0) is 24.8. The first-order valence-corrected chi connectivity index (χ1v) is 12.4. The monoisotopic (exact) mass is 487 g/mol. The van der Waals surface area contributed by atoms with Crippen LogP contribution in [-0.2, 0) is 27.6 Å². The Labute approximate surface area is 204 Å². The lowest BCUT2D eigenvalue weighted by Gasteiger charge is -2.07. The van der Waals surface area contributed by atoms with Crippen molar-refractivity contribution in [2.24, 2.45) is 5.16 Å². The molecule has 35 heavy (non-hydrogen) atoms. The Morgan fingerprint density at radius 1 is 0.657 bits per heavy atom. The van der Waals surface area contributed by atoms with Gasteiger partial charge in [0.15, 0.2) is 0 Å². The second-order valence-electron chi connectivity index (χ2n) is 8.02. The summed E-state index contributed by atoms with van der Waals surface area (Å²) < 4.78 is 30.2. The van der Waals surface area contributed by atoms with Crippen molar-refractivity contribution in [3.8, 4) is 22.3 Å². The number of aliphatic hydroxyl groups is 2. The number of hydrogen-bond donors (Lipinski definition) is 2. The molecule has 4 aromatic rings. The third-order valence-electron chi connectivity index (χ3n) is 5.66. The normalized spacial score (nSPS) is 11.9. The molecule has 0 aromatic heterocycles. The van der Waals surface area contributed by atoms with E-state index in [9.17, 15) is 13.5 Å². The Morgan fingerprint density at radius 2 is 1.03 bits per heavy atom. The number of benzene rings is 4. The van der Waals surface area contributed by atoms with Gasteiger partial charge in [-0.15, -0.1) is 0 Å². The van der Waals surface area contributed by atoms with Gasteiger partial charge >= 0.3 is 10.1 Å². The second kappa shape index (κ2) is 10.7. The molecule has 0 aliphatic carbocycles. The Hall–Kier alpha value is -3.78. The maximum atomic E-state index is 12.6. The lowest BCUT2D eigenvalue weighted by atomic mass is 10.0. The molecule has 0 saturated heterocycles. The van der Waals surface area contributed by atoms with Crippen molar-refractivity contribution in [1.82, 2.24) is 0 Å². The average Bonchev–Trinajstić information content (AvgIpc) is 2.92. The lowest BCUT2D eigenvalue weighted by Crippen LogP contribution is -2.05. The summed E-state index contributed by atoms with van der Waals surface area (Å²) in [4.78, 5) is 0.00597. The molecule has 7 heteroatoms. The molecule has 6 nitrogen and oxygen atoms in total. The van der Waals surface area contributed by atoms with Crippen LogP contribution >= 0.6 is 0 Å². The van der Waals surface area contributed by atoms with Crippen molar-refractivity contribution in [2.75, 3.05) is 0 Å².